The van der Waals surface area contributed by atoms with Crippen molar-refractivity contribution in [1.29, 1.82) is 0 Å². The first kappa shape index (κ1) is 15.8. The normalized spacial score (nSPS) is 10.2. The van der Waals surface area contributed by atoms with Gasteiger partial charge in [-0.1, -0.05) is 0 Å². The maximum absolute atomic E-state index is 12.9. The molecular weight excluding hydrogens is 407 g/mol. The summed E-state index contributed by atoms with van der Waals surface area (Å²) in [4.78, 5) is 11.8. The van der Waals surface area contributed by atoms with Crippen LogP contribution >= 0.6 is 31.9 Å². The molecule has 0 aromatic heterocycles. The number of hydrogen-bond acceptors (Lipinski definition) is 3. The minimum atomic E-state index is -0.385. The van der Waals surface area contributed by atoms with Gasteiger partial charge in [0.2, 0.25) is 0 Å². The Balaban J connectivity index is 1.96. The summed E-state index contributed by atoms with van der Waals surface area (Å²) in [5, 5.41) is 2.68. The largest absolute Gasteiger partial charge is 0.483 e. The molecule has 0 aliphatic rings. The zero-order valence-electron chi connectivity index (χ0n) is 10.7. The van der Waals surface area contributed by atoms with Crippen LogP contribution in [0, 0.1) is 5.82 Å². The fraction of sp³-hybridized carbons (Fsp3) is 0.0714. The quantitative estimate of drug-likeness (QED) is 0.740. The molecular formula is C14H11Br2FN2O2. The van der Waals surface area contributed by atoms with E-state index in [1.807, 2.05) is 0 Å². The number of nitrogen functional groups attached to an aromatic ring is 1. The molecule has 110 valence electrons. The van der Waals surface area contributed by atoms with E-state index in [9.17, 15) is 9.18 Å². The number of hydrogen-bond donors (Lipinski definition) is 2. The monoisotopic (exact) mass is 416 g/mol. The highest BCUT2D eigenvalue weighted by Gasteiger charge is 2.09. The first-order chi connectivity index (χ1) is 9.95. The smallest absolute Gasteiger partial charge is 0.262 e. The van der Waals surface area contributed by atoms with E-state index in [-0.39, 0.29) is 18.3 Å². The standard InChI is InChI=1S/C14H11Br2FN2O2/c15-10-6-9(18)2-3-12(10)19-14(20)7-21-13-4-1-8(17)5-11(13)16/h1-6H,7,18H2,(H,19,20). The lowest BCUT2D eigenvalue weighted by Gasteiger charge is -2.10. The van der Waals surface area contributed by atoms with Crippen molar-refractivity contribution in [3.8, 4) is 5.75 Å². The molecule has 2 aromatic carbocycles. The average molecular weight is 418 g/mol. The van der Waals surface area contributed by atoms with Gasteiger partial charge in [0.05, 0.1) is 10.2 Å². The number of amides is 1. The van der Waals surface area contributed by atoms with Crippen molar-refractivity contribution < 1.29 is 13.9 Å². The molecule has 3 N–H and O–H groups in total. The lowest BCUT2D eigenvalue weighted by atomic mass is 10.3. The van der Waals surface area contributed by atoms with Crippen LogP contribution in [0.15, 0.2) is 45.3 Å². The van der Waals surface area contributed by atoms with Crippen LogP contribution in [0.2, 0.25) is 0 Å². The predicted molar refractivity (Wildman–Crippen MR) is 86.8 cm³/mol. The topological polar surface area (TPSA) is 64.3 Å². The van der Waals surface area contributed by atoms with E-state index in [0.29, 0.717) is 26.1 Å². The van der Waals surface area contributed by atoms with Crippen molar-refractivity contribution in [3.05, 3.63) is 51.2 Å². The van der Waals surface area contributed by atoms with Crippen LogP contribution in [0.4, 0.5) is 15.8 Å². The summed E-state index contributed by atoms with van der Waals surface area (Å²) in [6, 6.07) is 9.03. The lowest BCUT2D eigenvalue weighted by molar-refractivity contribution is -0.118. The number of halogens is 3. The van der Waals surface area contributed by atoms with Crippen LogP contribution in [0.25, 0.3) is 0 Å². The highest BCUT2D eigenvalue weighted by molar-refractivity contribution is 9.11. The minimum Gasteiger partial charge on any atom is -0.483 e. The summed E-state index contributed by atoms with van der Waals surface area (Å²) < 4.78 is 19.4. The van der Waals surface area contributed by atoms with Crippen molar-refractivity contribution >= 4 is 49.1 Å². The molecule has 0 saturated carbocycles. The Morgan fingerprint density at radius 3 is 2.62 bits per heavy atom. The van der Waals surface area contributed by atoms with Gasteiger partial charge in [0, 0.05) is 10.2 Å². The molecule has 0 aliphatic carbocycles. The average Bonchev–Trinajstić information content (AvgIpc) is 2.41. The maximum Gasteiger partial charge on any atom is 0.262 e. The van der Waals surface area contributed by atoms with E-state index >= 15 is 0 Å². The Hall–Kier alpha value is -1.60. The Labute approximate surface area is 137 Å². The second-order valence-corrected chi connectivity index (χ2v) is 5.86. The van der Waals surface area contributed by atoms with Gasteiger partial charge in [0.15, 0.2) is 6.61 Å². The maximum atomic E-state index is 12.9. The van der Waals surface area contributed by atoms with Crippen LogP contribution in [0.3, 0.4) is 0 Å². The summed E-state index contributed by atoms with van der Waals surface area (Å²) >= 11 is 6.47. The Bertz CT molecular complexity index is 680. The number of carbonyl (C=O) groups is 1. The van der Waals surface area contributed by atoms with Crippen LogP contribution in [-0.4, -0.2) is 12.5 Å². The Morgan fingerprint density at radius 1 is 1.19 bits per heavy atom. The van der Waals surface area contributed by atoms with Crippen LogP contribution in [-0.2, 0) is 4.79 Å². The first-order valence-corrected chi connectivity index (χ1v) is 7.47. The summed E-state index contributed by atoms with van der Waals surface area (Å²) in [5.74, 6) is -0.330. The first-order valence-electron chi connectivity index (χ1n) is 5.88. The fourth-order valence-corrected chi connectivity index (χ4v) is 2.52. The van der Waals surface area contributed by atoms with Gasteiger partial charge in [-0.25, -0.2) is 4.39 Å². The highest BCUT2D eigenvalue weighted by Crippen LogP contribution is 2.26. The molecule has 4 nitrogen and oxygen atoms in total. The van der Waals surface area contributed by atoms with E-state index < -0.39 is 0 Å². The van der Waals surface area contributed by atoms with Gasteiger partial charge in [-0.2, -0.15) is 0 Å². The minimum absolute atomic E-state index is 0.193. The molecule has 0 heterocycles. The molecule has 0 atom stereocenters. The lowest BCUT2D eigenvalue weighted by Crippen LogP contribution is -2.20. The van der Waals surface area contributed by atoms with Gasteiger partial charge in [-0.15, -0.1) is 0 Å². The highest BCUT2D eigenvalue weighted by atomic mass is 79.9. The molecule has 2 aromatic rings. The van der Waals surface area contributed by atoms with Crippen molar-refractivity contribution in [1.82, 2.24) is 0 Å². The van der Waals surface area contributed by atoms with E-state index in [0.717, 1.165) is 0 Å². The molecule has 0 bridgehead atoms. The number of nitrogens with two attached hydrogens (primary N) is 1. The number of carbonyl (C=O) groups excluding carboxylic acids is 1. The summed E-state index contributed by atoms with van der Waals surface area (Å²) in [5.41, 5.74) is 6.80. The van der Waals surface area contributed by atoms with Crippen molar-refractivity contribution in [3.63, 3.8) is 0 Å². The SMILES string of the molecule is Nc1ccc(NC(=O)COc2ccc(F)cc2Br)c(Br)c1. The molecule has 21 heavy (non-hydrogen) atoms. The number of nitrogens with one attached hydrogen (secondary N) is 1. The predicted octanol–water partition coefficient (Wildman–Crippen LogP) is 3.95. The van der Waals surface area contributed by atoms with Crippen molar-refractivity contribution in [2.75, 3.05) is 17.7 Å². The number of ether oxygens (including phenoxy) is 1. The van der Waals surface area contributed by atoms with Crippen LogP contribution in [0.5, 0.6) is 5.75 Å². The molecule has 0 radical (unpaired) electrons. The molecule has 1 amide bonds. The number of rotatable bonds is 4. The number of anilines is 2. The molecule has 0 fully saturated rings. The molecule has 2 rings (SSSR count). The van der Waals surface area contributed by atoms with Crippen molar-refractivity contribution in [2.24, 2.45) is 0 Å². The van der Waals surface area contributed by atoms with Gasteiger partial charge in [-0.3, -0.25) is 4.79 Å². The van der Waals surface area contributed by atoms with Gasteiger partial charge in [-0.05, 0) is 68.3 Å². The number of benzene rings is 2. The fourth-order valence-electron chi connectivity index (χ4n) is 1.55. The van der Waals surface area contributed by atoms with Gasteiger partial charge in [0.25, 0.3) is 5.91 Å². The van der Waals surface area contributed by atoms with E-state index in [2.05, 4.69) is 37.2 Å². The van der Waals surface area contributed by atoms with Crippen LogP contribution in [0.1, 0.15) is 0 Å². The van der Waals surface area contributed by atoms with Crippen LogP contribution < -0.4 is 15.8 Å². The second kappa shape index (κ2) is 6.91. The zero-order valence-corrected chi connectivity index (χ0v) is 13.9. The Kier molecular flexibility index (Phi) is 5.19. The van der Waals surface area contributed by atoms with E-state index in [1.54, 1.807) is 18.2 Å². The molecule has 0 unspecified atom stereocenters. The van der Waals surface area contributed by atoms with E-state index in [4.69, 9.17) is 10.5 Å². The van der Waals surface area contributed by atoms with Crippen molar-refractivity contribution in [2.45, 2.75) is 0 Å². The second-order valence-electron chi connectivity index (χ2n) is 4.15. The third kappa shape index (κ3) is 4.44. The zero-order chi connectivity index (χ0) is 15.4. The molecule has 7 heteroatoms. The van der Waals surface area contributed by atoms with Gasteiger partial charge < -0.3 is 15.8 Å². The summed E-state index contributed by atoms with van der Waals surface area (Å²) in [7, 11) is 0. The summed E-state index contributed by atoms with van der Waals surface area (Å²) in [6.45, 7) is -0.193. The molecule has 0 saturated heterocycles. The third-order valence-corrected chi connectivity index (χ3v) is 3.80. The van der Waals surface area contributed by atoms with E-state index in [1.165, 1.54) is 18.2 Å². The third-order valence-electron chi connectivity index (χ3n) is 2.52. The molecule has 0 aliphatic heterocycles. The Morgan fingerprint density at radius 2 is 1.95 bits per heavy atom. The van der Waals surface area contributed by atoms with Gasteiger partial charge >= 0.3 is 0 Å². The summed E-state index contributed by atoms with van der Waals surface area (Å²) in [6.07, 6.45) is 0. The molecule has 0 spiro atoms. The van der Waals surface area contributed by atoms with Gasteiger partial charge in [0.1, 0.15) is 11.6 Å².